The molecule has 0 aliphatic rings. The summed E-state index contributed by atoms with van der Waals surface area (Å²) in [6.07, 6.45) is 3.20. The highest BCUT2D eigenvalue weighted by Crippen LogP contribution is 2.17. The molecule has 0 aromatic heterocycles. The van der Waals surface area contributed by atoms with E-state index < -0.39 is 0 Å². The molecule has 0 rings (SSSR count). The van der Waals surface area contributed by atoms with Crippen molar-refractivity contribution in [2.75, 3.05) is 0 Å². The van der Waals surface area contributed by atoms with E-state index in [9.17, 15) is 4.79 Å². The van der Waals surface area contributed by atoms with Gasteiger partial charge in [0.25, 0.3) is 0 Å². The van der Waals surface area contributed by atoms with Crippen LogP contribution in [0.25, 0.3) is 0 Å². The third kappa shape index (κ3) is 5.89. The Morgan fingerprint density at radius 2 is 2.00 bits per heavy atom. The zero-order chi connectivity index (χ0) is 8.91. The fourth-order valence-corrected chi connectivity index (χ4v) is 1.04. The number of rotatable bonds is 4. The molecule has 66 valence electrons. The first-order valence-electron chi connectivity index (χ1n) is 4.17. The van der Waals surface area contributed by atoms with E-state index in [4.69, 9.17) is 4.74 Å². The lowest BCUT2D eigenvalue weighted by molar-refractivity contribution is -0.154. The van der Waals surface area contributed by atoms with Crippen LogP contribution in [-0.2, 0) is 9.53 Å². The van der Waals surface area contributed by atoms with Gasteiger partial charge in [-0.25, -0.2) is 0 Å². The number of carbonyl (C=O) groups is 1. The smallest absolute Gasteiger partial charge is 0.303 e. The fraction of sp³-hybridized carbons (Fsp3) is 0.889. The van der Waals surface area contributed by atoms with Crippen molar-refractivity contribution in [2.24, 2.45) is 0 Å². The molecule has 0 saturated carbocycles. The lowest BCUT2D eigenvalue weighted by Crippen LogP contribution is -2.26. The quantitative estimate of drug-likeness (QED) is 0.588. The number of hydrogen-bond donors (Lipinski definition) is 0. The van der Waals surface area contributed by atoms with Gasteiger partial charge in [0.15, 0.2) is 0 Å². The van der Waals surface area contributed by atoms with Gasteiger partial charge >= 0.3 is 5.97 Å². The second kappa shape index (κ2) is 4.37. The Bertz CT molecular complexity index is 128. The molecule has 0 aromatic rings. The first-order valence-corrected chi connectivity index (χ1v) is 4.17. The van der Waals surface area contributed by atoms with E-state index in [-0.39, 0.29) is 11.6 Å². The number of carbonyl (C=O) groups excluding carboxylic acids is 1. The summed E-state index contributed by atoms with van der Waals surface area (Å²) in [7, 11) is 0. The normalized spacial score (nSPS) is 11.3. The van der Waals surface area contributed by atoms with Crippen molar-refractivity contribution in [3.63, 3.8) is 0 Å². The van der Waals surface area contributed by atoms with Crippen molar-refractivity contribution < 1.29 is 9.53 Å². The van der Waals surface area contributed by atoms with Crippen LogP contribution in [0.3, 0.4) is 0 Å². The van der Waals surface area contributed by atoms with Crippen LogP contribution in [0.5, 0.6) is 0 Å². The highest BCUT2D eigenvalue weighted by molar-refractivity contribution is 5.66. The highest BCUT2D eigenvalue weighted by atomic mass is 16.6. The SMILES string of the molecule is CCCCC(C)(C)OC(C)=O. The molecule has 2 nitrogen and oxygen atoms in total. The number of unbranched alkanes of at least 4 members (excludes halogenated alkanes) is 1. The predicted molar refractivity (Wildman–Crippen MR) is 45.4 cm³/mol. The van der Waals surface area contributed by atoms with Gasteiger partial charge < -0.3 is 4.74 Å². The average Bonchev–Trinajstić information content (AvgIpc) is 1.81. The van der Waals surface area contributed by atoms with Gasteiger partial charge in [-0.2, -0.15) is 0 Å². The standard InChI is InChI=1S/C9H18O2/c1-5-6-7-9(3,4)11-8(2)10/h5-7H2,1-4H3. The molecule has 0 fully saturated rings. The van der Waals surface area contributed by atoms with Gasteiger partial charge in [-0.3, -0.25) is 4.79 Å². The van der Waals surface area contributed by atoms with Crippen LogP contribution in [0.15, 0.2) is 0 Å². The minimum atomic E-state index is -0.276. The topological polar surface area (TPSA) is 26.3 Å². The molecule has 0 N–H and O–H groups in total. The molecule has 0 saturated heterocycles. The third-order valence-electron chi connectivity index (χ3n) is 1.55. The van der Waals surface area contributed by atoms with Gasteiger partial charge in [0.1, 0.15) is 5.60 Å². The van der Waals surface area contributed by atoms with Crippen molar-refractivity contribution >= 4 is 5.97 Å². The molecule has 0 aromatic carbocycles. The van der Waals surface area contributed by atoms with Crippen LogP contribution >= 0.6 is 0 Å². The minimum absolute atomic E-state index is 0.189. The van der Waals surface area contributed by atoms with Crippen LogP contribution in [-0.4, -0.2) is 11.6 Å². The monoisotopic (exact) mass is 158 g/mol. The zero-order valence-corrected chi connectivity index (χ0v) is 7.94. The molecule has 0 spiro atoms. The molecule has 0 radical (unpaired) electrons. The first-order chi connectivity index (χ1) is 4.98. The van der Waals surface area contributed by atoms with Gasteiger partial charge in [-0.1, -0.05) is 13.3 Å². The van der Waals surface area contributed by atoms with E-state index in [1.54, 1.807) is 0 Å². The van der Waals surface area contributed by atoms with Crippen LogP contribution in [0.4, 0.5) is 0 Å². The van der Waals surface area contributed by atoms with Crippen molar-refractivity contribution in [2.45, 2.75) is 52.6 Å². The number of esters is 1. The number of ether oxygens (including phenoxy) is 1. The van der Waals surface area contributed by atoms with E-state index in [0.29, 0.717) is 0 Å². The summed E-state index contributed by atoms with van der Waals surface area (Å²) < 4.78 is 5.10. The highest BCUT2D eigenvalue weighted by Gasteiger charge is 2.19. The number of hydrogen-bond acceptors (Lipinski definition) is 2. The Morgan fingerprint density at radius 3 is 2.36 bits per heavy atom. The largest absolute Gasteiger partial charge is 0.460 e. The van der Waals surface area contributed by atoms with Crippen molar-refractivity contribution in [1.82, 2.24) is 0 Å². The molecule has 0 aliphatic carbocycles. The van der Waals surface area contributed by atoms with Crippen molar-refractivity contribution in [3.8, 4) is 0 Å². The Balaban J connectivity index is 3.70. The maximum atomic E-state index is 10.6. The Hall–Kier alpha value is -0.530. The molecule has 0 heterocycles. The lowest BCUT2D eigenvalue weighted by atomic mass is 10.0. The summed E-state index contributed by atoms with van der Waals surface area (Å²) in [6.45, 7) is 7.48. The minimum Gasteiger partial charge on any atom is -0.460 e. The van der Waals surface area contributed by atoms with E-state index in [1.807, 2.05) is 13.8 Å². The molecule has 0 aliphatic heterocycles. The van der Waals surface area contributed by atoms with Gasteiger partial charge in [0.2, 0.25) is 0 Å². The fourth-order valence-electron chi connectivity index (χ4n) is 1.04. The first kappa shape index (κ1) is 10.5. The average molecular weight is 158 g/mol. The molecule has 11 heavy (non-hydrogen) atoms. The third-order valence-corrected chi connectivity index (χ3v) is 1.55. The van der Waals surface area contributed by atoms with E-state index in [0.717, 1.165) is 19.3 Å². The van der Waals surface area contributed by atoms with Crippen LogP contribution in [0.1, 0.15) is 47.0 Å². The summed E-state index contributed by atoms with van der Waals surface area (Å²) >= 11 is 0. The van der Waals surface area contributed by atoms with Gasteiger partial charge in [-0.15, -0.1) is 0 Å². The van der Waals surface area contributed by atoms with Crippen LogP contribution in [0, 0.1) is 0 Å². The van der Waals surface area contributed by atoms with Gasteiger partial charge in [0, 0.05) is 6.92 Å². The van der Waals surface area contributed by atoms with E-state index in [2.05, 4.69) is 6.92 Å². The predicted octanol–water partition coefficient (Wildman–Crippen LogP) is 2.52. The van der Waals surface area contributed by atoms with Crippen LogP contribution < -0.4 is 0 Å². The molecule has 0 atom stereocenters. The Kier molecular flexibility index (Phi) is 4.16. The summed E-state index contributed by atoms with van der Waals surface area (Å²) in [6, 6.07) is 0. The van der Waals surface area contributed by atoms with Crippen LogP contribution in [0.2, 0.25) is 0 Å². The van der Waals surface area contributed by atoms with Crippen molar-refractivity contribution in [3.05, 3.63) is 0 Å². The molecular weight excluding hydrogens is 140 g/mol. The lowest BCUT2D eigenvalue weighted by Gasteiger charge is -2.23. The summed E-state index contributed by atoms with van der Waals surface area (Å²) in [5.74, 6) is -0.189. The zero-order valence-electron chi connectivity index (χ0n) is 7.94. The second-order valence-electron chi connectivity index (χ2n) is 3.46. The Labute approximate surface area is 68.9 Å². The molecule has 2 heteroatoms. The summed E-state index contributed by atoms with van der Waals surface area (Å²) in [5.41, 5.74) is -0.276. The van der Waals surface area contributed by atoms with Gasteiger partial charge in [0.05, 0.1) is 0 Å². The molecule has 0 unspecified atom stereocenters. The second-order valence-corrected chi connectivity index (χ2v) is 3.46. The maximum Gasteiger partial charge on any atom is 0.303 e. The molecule has 0 bridgehead atoms. The van der Waals surface area contributed by atoms with Crippen molar-refractivity contribution in [1.29, 1.82) is 0 Å². The van der Waals surface area contributed by atoms with E-state index in [1.165, 1.54) is 6.92 Å². The van der Waals surface area contributed by atoms with E-state index >= 15 is 0 Å². The molecular formula is C9H18O2. The Morgan fingerprint density at radius 1 is 1.45 bits per heavy atom. The maximum absolute atomic E-state index is 10.6. The summed E-state index contributed by atoms with van der Waals surface area (Å²) in [4.78, 5) is 10.6. The summed E-state index contributed by atoms with van der Waals surface area (Å²) in [5, 5.41) is 0. The van der Waals surface area contributed by atoms with Gasteiger partial charge in [-0.05, 0) is 26.7 Å². The molecule has 0 amide bonds.